The lowest BCUT2D eigenvalue weighted by Crippen LogP contribution is -2.34. The lowest BCUT2D eigenvalue weighted by molar-refractivity contribution is 0.340. The predicted molar refractivity (Wildman–Crippen MR) is 102 cm³/mol. The quantitative estimate of drug-likeness (QED) is 0.735. The molecule has 3 rings (SSSR count). The van der Waals surface area contributed by atoms with Crippen LogP contribution >= 0.6 is 24.0 Å². The van der Waals surface area contributed by atoms with E-state index >= 15 is 0 Å². The molecule has 0 saturated carbocycles. The first-order valence-electron chi connectivity index (χ1n) is 8.06. The lowest BCUT2D eigenvalue weighted by Gasteiger charge is -2.27. The molecule has 0 unspecified atom stereocenters. The van der Waals surface area contributed by atoms with E-state index < -0.39 is 22.8 Å². The summed E-state index contributed by atoms with van der Waals surface area (Å²) in [6.45, 7) is 3.02. The van der Waals surface area contributed by atoms with Gasteiger partial charge in [0.1, 0.15) is 28.6 Å². The molecule has 1 aliphatic heterocycles. The van der Waals surface area contributed by atoms with Crippen LogP contribution in [0.3, 0.4) is 0 Å². The summed E-state index contributed by atoms with van der Waals surface area (Å²) in [6.07, 6.45) is 0. The molecule has 1 aliphatic rings. The molecule has 1 atom stereocenters. The van der Waals surface area contributed by atoms with Gasteiger partial charge in [0.15, 0.2) is 5.11 Å². The van der Waals surface area contributed by atoms with Crippen molar-refractivity contribution >= 4 is 34.8 Å². The number of thioether (sulfide) groups is 1. The van der Waals surface area contributed by atoms with E-state index in [9.17, 15) is 13.2 Å². The van der Waals surface area contributed by atoms with E-state index in [1.54, 1.807) is 4.90 Å². The third-order valence-corrected chi connectivity index (χ3v) is 5.42. The van der Waals surface area contributed by atoms with Crippen molar-refractivity contribution in [1.29, 1.82) is 0 Å². The van der Waals surface area contributed by atoms with Crippen molar-refractivity contribution in [2.45, 2.75) is 12.3 Å². The smallest absolute Gasteiger partial charge is 0.174 e. The van der Waals surface area contributed by atoms with Gasteiger partial charge in [0.25, 0.3) is 0 Å². The first-order chi connectivity index (χ1) is 12.5. The molecule has 3 nitrogen and oxygen atoms in total. The highest BCUT2D eigenvalue weighted by Crippen LogP contribution is 2.40. The van der Waals surface area contributed by atoms with Gasteiger partial charge in [0, 0.05) is 30.1 Å². The summed E-state index contributed by atoms with van der Waals surface area (Å²) >= 11 is 6.78. The molecule has 1 heterocycles. The van der Waals surface area contributed by atoms with Gasteiger partial charge >= 0.3 is 0 Å². The van der Waals surface area contributed by atoms with Crippen LogP contribution in [-0.4, -0.2) is 28.9 Å². The first-order valence-corrected chi connectivity index (χ1v) is 9.52. The van der Waals surface area contributed by atoms with Gasteiger partial charge in [0.2, 0.25) is 0 Å². The maximum atomic E-state index is 14.1. The fourth-order valence-corrected chi connectivity index (χ4v) is 4.39. The van der Waals surface area contributed by atoms with Crippen molar-refractivity contribution in [3.63, 3.8) is 0 Å². The Morgan fingerprint density at radius 2 is 1.88 bits per heavy atom. The van der Waals surface area contributed by atoms with Crippen LogP contribution in [0.2, 0.25) is 0 Å². The minimum absolute atomic E-state index is 0.176. The van der Waals surface area contributed by atoms with E-state index in [1.165, 1.54) is 11.8 Å². The van der Waals surface area contributed by atoms with Crippen molar-refractivity contribution in [3.8, 4) is 5.75 Å². The summed E-state index contributed by atoms with van der Waals surface area (Å²) in [5.41, 5.74) is 0.568. The van der Waals surface area contributed by atoms with Crippen LogP contribution in [-0.2, 0) is 0 Å². The van der Waals surface area contributed by atoms with E-state index in [0.29, 0.717) is 36.1 Å². The zero-order valence-corrected chi connectivity index (χ0v) is 15.6. The molecule has 2 aromatic carbocycles. The van der Waals surface area contributed by atoms with Crippen LogP contribution in [0.1, 0.15) is 17.9 Å². The Morgan fingerprint density at radius 3 is 2.50 bits per heavy atom. The summed E-state index contributed by atoms with van der Waals surface area (Å²) in [4.78, 5) is 1.70. The van der Waals surface area contributed by atoms with Crippen molar-refractivity contribution in [2.24, 2.45) is 0 Å². The number of nitrogens with one attached hydrogen (secondary N) is 1. The summed E-state index contributed by atoms with van der Waals surface area (Å²) in [5, 5.41) is 2.79. The molecule has 1 saturated heterocycles. The van der Waals surface area contributed by atoms with Crippen LogP contribution in [0.4, 0.5) is 18.9 Å². The van der Waals surface area contributed by atoms with Gasteiger partial charge in [-0.05, 0) is 43.4 Å². The maximum absolute atomic E-state index is 14.1. The second-order valence-corrected chi connectivity index (χ2v) is 7.16. The number of anilines is 1. The zero-order valence-electron chi connectivity index (χ0n) is 14.0. The molecule has 26 heavy (non-hydrogen) atoms. The third kappa shape index (κ3) is 4.07. The zero-order chi connectivity index (χ0) is 18.7. The highest BCUT2D eigenvalue weighted by molar-refractivity contribution is 7.99. The molecule has 0 aromatic heterocycles. The second kappa shape index (κ2) is 8.18. The van der Waals surface area contributed by atoms with E-state index in [2.05, 4.69) is 5.32 Å². The largest absolute Gasteiger partial charge is 0.494 e. The monoisotopic (exact) mass is 398 g/mol. The highest BCUT2D eigenvalue weighted by Gasteiger charge is 2.33. The van der Waals surface area contributed by atoms with Crippen molar-refractivity contribution in [3.05, 3.63) is 59.4 Å². The summed E-state index contributed by atoms with van der Waals surface area (Å²) in [7, 11) is 0. The Hall–Kier alpha value is -1.93. The lowest BCUT2D eigenvalue weighted by atomic mass is 10.1. The molecule has 1 N–H and O–H groups in total. The minimum atomic E-state index is -0.937. The van der Waals surface area contributed by atoms with Gasteiger partial charge in [-0.15, -0.1) is 11.8 Å². The van der Waals surface area contributed by atoms with Gasteiger partial charge in [-0.2, -0.15) is 0 Å². The van der Waals surface area contributed by atoms with Crippen molar-refractivity contribution < 1.29 is 17.9 Å². The predicted octanol–water partition coefficient (Wildman–Crippen LogP) is 4.95. The van der Waals surface area contributed by atoms with E-state index in [4.69, 9.17) is 17.0 Å². The Kier molecular flexibility index (Phi) is 5.93. The Labute approximate surface area is 159 Å². The maximum Gasteiger partial charge on any atom is 0.174 e. The average molecular weight is 398 g/mol. The molecule has 0 amide bonds. The summed E-state index contributed by atoms with van der Waals surface area (Å²) in [5.74, 6) is -1.35. The Balaban J connectivity index is 1.76. The van der Waals surface area contributed by atoms with E-state index in [-0.39, 0.29) is 5.56 Å². The normalized spacial score (nSPS) is 16.6. The fraction of sp³-hybridized carbons (Fsp3) is 0.278. The number of rotatable bonds is 4. The van der Waals surface area contributed by atoms with Gasteiger partial charge in [0.05, 0.1) is 12.2 Å². The first kappa shape index (κ1) is 18.8. The van der Waals surface area contributed by atoms with Gasteiger partial charge in [-0.3, -0.25) is 0 Å². The summed E-state index contributed by atoms with van der Waals surface area (Å²) < 4.78 is 46.9. The number of halogens is 3. The van der Waals surface area contributed by atoms with Crippen LogP contribution in [0, 0.1) is 17.5 Å². The molecular weight excluding hydrogens is 381 g/mol. The van der Waals surface area contributed by atoms with Crippen molar-refractivity contribution in [2.75, 3.05) is 24.2 Å². The van der Waals surface area contributed by atoms with Crippen LogP contribution < -0.4 is 10.1 Å². The topological polar surface area (TPSA) is 24.5 Å². The fourth-order valence-electron chi connectivity index (χ4n) is 2.70. The minimum Gasteiger partial charge on any atom is -0.494 e. The van der Waals surface area contributed by atoms with Gasteiger partial charge < -0.3 is 15.0 Å². The number of benzene rings is 2. The molecule has 0 spiro atoms. The molecule has 0 bridgehead atoms. The summed E-state index contributed by atoms with van der Waals surface area (Å²) in [6, 6.07) is 8.63. The Morgan fingerprint density at radius 1 is 1.23 bits per heavy atom. The van der Waals surface area contributed by atoms with Crippen LogP contribution in [0.5, 0.6) is 5.75 Å². The second-order valence-electron chi connectivity index (χ2n) is 5.59. The van der Waals surface area contributed by atoms with Gasteiger partial charge in [-0.1, -0.05) is 0 Å². The molecule has 2 aromatic rings. The molecule has 8 heteroatoms. The SMILES string of the molecule is CCOc1ccc(NC(=S)N2CCS[C@H]2c2c(F)cc(F)cc2F)cc1. The van der Waals surface area contributed by atoms with Crippen LogP contribution in [0.25, 0.3) is 0 Å². The van der Waals surface area contributed by atoms with Gasteiger partial charge in [-0.25, -0.2) is 13.2 Å². The molecule has 0 aliphatic carbocycles. The number of ether oxygens (including phenoxy) is 1. The standard InChI is InChI=1S/C18H17F3N2OS2/c1-2-24-13-5-3-12(4-6-13)22-18(25)23-7-8-26-17(23)16-14(20)9-11(19)10-15(16)21/h3-6,9-10,17H,2,7-8H2,1H3,(H,22,25)/t17-/m0/s1. The number of hydrogen-bond acceptors (Lipinski definition) is 3. The molecule has 0 radical (unpaired) electrons. The highest BCUT2D eigenvalue weighted by atomic mass is 32.2. The molecule has 138 valence electrons. The van der Waals surface area contributed by atoms with E-state index in [0.717, 1.165) is 11.4 Å². The number of nitrogens with zero attached hydrogens (tertiary/aromatic N) is 1. The molecular formula is C18H17F3N2OS2. The van der Waals surface area contributed by atoms with Crippen molar-refractivity contribution in [1.82, 2.24) is 4.90 Å². The Bertz CT molecular complexity index is 779. The molecule has 1 fully saturated rings. The number of thiocarbonyl (C=S) groups is 1. The van der Waals surface area contributed by atoms with Crippen LogP contribution in [0.15, 0.2) is 36.4 Å². The number of hydrogen-bond donors (Lipinski definition) is 1. The third-order valence-electron chi connectivity index (χ3n) is 3.86. The average Bonchev–Trinajstić information content (AvgIpc) is 3.05. The van der Waals surface area contributed by atoms with E-state index in [1.807, 2.05) is 31.2 Å².